The molecule has 0 saturated heterocycles. The highest BCUT2D eigenvalue weighted by Crippen LogP contribution is 2.39. The van der Waals surface area contributed by atoms with Crippen LogP contribution in [0, 0.1) is 5.41 Å². The molecule has 0 unspecified atom stereocenters. The van der Waals surface area contributed by atoms with Crippen molar-refractivity contribution in [3.63, 3.8) is 0 Å². The summed E-state index contributed by atoms with van der Waals surface area (Å²) in [6.45, 7) is 17.8. The van der Waals surface area contributed by atoms with E-state index in [0.717, 1.165) is 40.3 Å². The summed E-state index contributed by atoms with van der Waals surface area (Å²) < 4.78 is 0. The van der Waals surface area contributed by atoms with Crippen molar-refractivity contribution >= 4 is 28.7 Å². The summed E-state index contributed by atoms with van der Waals surface area (Å²) in [5.74, 6) is 0.156. The maximum Gasteiger partial charge on any atom is 0.190 e. The molecule has 1 aliphatic carbocycles. The van der Waals surface area contributed by atoms with Crippen molar-refractivity contribution in [2.45, 2.75) is 59.8 Å². The van der Waals surface area contributed by atoms with Crippen LogP contribution in [-0.4, -0.2) is 5.78 Å². The Hall–Kier alpha value is -2.93. The molecule has 0 aromatic heterocycles. The van der Waals surface area contributed by atoms with Crippen LogP contribution in [0.5, 0.6) is 0 Å². The summed E-state index contributed by atoms with van der Waals surface area (Å²) in [6.07, 6.45) is 4.11. The molecule has 1 aliphatic rings. The maximum absolute atomic E-state index is 13.5. The standard InChI is InChI=1S/C31H34O/c1-8-30(4,5)27-18-25(22-15-11-10-14-21(22)20(27)3)26-19-28(31(6,7)9-2)29(32)24-17-13-12-16-23(24)26/h10-19H,3,8-9H2,1-2,4-7H3/b26-25+. The molecule has 3 aromatic carbocycles. The van der Waals surface area contributed by atoms with E-state index in [4.69, 9.17) is 0 Å². The average molecular weight is 423 g/mol. The van der Waals surface area contributed by atoms with E-state index in [0.29, 0.717) is 0 Å². The molecule has 0 fully saturated rings. The molecule has 0 spiro atoms. The Bertz CT molecular complexity index is 1370. The number of hydrogen-bond donors (Lipinski definition) is 0. The topological polar surface area (TPSA) is 17.1 Å². The van der Waals surface area contributed by atoms with Crippen LogP contribution in [0.25, 0.3) is 22.9 Å². The molecule has 0 radical (unpaired) electrons. The average Bonchev–Trinajstić information content (AvgIpc) is 2.80. The molecular weight excluding hydrogens is 388 g/mol. The van der Waals surface area contributed by atoms with Gasteiger partial charge < -0.3 is 0 Å². The summed E-state index contributed by atoms with van der Waals surface area (Å²) in [6, 6.07) is 19.0. The lowest BCUT2D eigenvalue weighted by Crippen LogP contribution is -2.30. The van der Waals surface area contributed by atoms with E-state index in [1.807, 2.05) is 18.2 Å². The van der Waals surface area contributed by atoms with E-state index in [9.17, 15) is 4.79 Å². The minimum atomic E-state index is -0.191. The van der Waals surface area contributed by atoms with Crippen molar-refractivity contribution in [1.82, 2.24) is 0 Å². The summed E-state index contributed by atoms with van der Waals surface area (Å²) in [4.78, 5) is 13.5. The van der Waals surface area contributed by atoms with Gasteiger partial charge in [-0.1, -0.05) is 96.7 Å². The first-order chi connectivity index (χ1) is 15.1. The van der Waals surface area contributed by atoms with Crippen molar-refractivity contribution in [2.24, 2.45) is 5.41 Å². The van der Waals surface area contributed by atoms with E-state index in [1.165, 1.54) is 21.6 Å². The van der Waals surface area contributed by atoms with Gasteiger partial charge in [-0.2, -0.15) is 0 Å². The van der Waals surface area contributed by atoms with Crippen molar-refractivity contribution < 1.29 is 4.79 Å². The molecule has 32 heavy (non-hydrogen) atoms. The third-order valence-corrected chi connectivity index (χ3v) is 7.67. The molecule has 1 nitrogen and oxygen atoms in total. The van der Waals surface area contributed by atoms with Gasteiger partial charge >= 0.3 is 0 Å². The lowest BCUT2D eigenvalue weighted by Gasteiger charge is -2.30. The summed E-state index contributed by atoms with van der Waals surface area (Å²) in [7, 11) is 0. The zero-order chi connectivity index (χ0) is 23.3. The van der Waals surface area contributed by atoms with Crippen LogP contribution >= 0.6 is 0 Å². The molecule has 4 rings (SSSR count). The van der Waals surface area contributed by atoms with Gasteiger partial charge in [-0.05, 0) is 73.7 Å². The van der Waals surface area contributed by atoms with Crippen molar-refractivity contribution in [1.29, 1.82) is 0 Å². The van der Waals surface area contributed by atoms with Crippen LogP contribution in [0.2, 0.25) is 0 Å². The van der Waals surface area contributed by atoms with Crippen molar-refractivity contribution in [3.05, 3.63) is 93.4 Å². The van der Waals surface area contributed by atoms with E-state index < -0.39 is 0 Å². The van der Waals surface area contributed by atoms with E-state index in [-0.39, 0.29) is 16.6 Å². The number of Topliss-reactive ketones (excluding diaryl/α,β-unsaturated/α-hetero) is 1. The van der Waals surface area contributed by atoms with Crippen molar-refractivity contribution in [2.75, 3.05) is 0 Å². The highest BCUT2D eigenvalue weighted by molar-refractivity contribution is 6.17. The van der Waals surface area contributed by atoms with Gasteiger partial charge in [0.1, 0.15) is 0 Å². The Labute approximate surface area is 192 Å². The lowest BCUT2D eigenvalue weighted by molar-refractivity contribution is 0.100. The number of carbonyl (C=O) groups excluding carboxylic acids is 1. The van der Waals surface area contributed by atoms with E-state index in [2.05, 4.69) is 90.6 Å². The highest BCUT2D eigenvalue weighted by Gasteiger charge is 2.33. The Balaban J connectivity index is 2.25. The summed E-state index contributed by atoms with van der Waals surface area (Å²) in [5, 5.41) is 4.68. The molecule has 0 amide bonds. The molecule has 1 heteroatoms. The van der Waals surface area contributed by atoms with Gasteiger partial charge in [-0.25, -0.2) is 0 Å². The third-order valence-electron chi connectivity index (χ3n) is 7.67. The van der Waals surface area contributed by atoms with Gasteiger partial charge in [0.15, 0.2) is 5.78 Å². The minimum absolute atomic E-state index is 0.00959. The Morgan fingerprint density at radius 2 is 1.34 bits per heavy atom. The predicted octanol–water partition coefficient (Wildman–Crippen LogP) is 6.70. The third kappa shape index (κ3) is 3.45. The van der Waals surface area contributed by atoms with E-state index >= 15 is 0 Å². The second-order valence-corrected chi connectivity index (χ2v) is 10.3. The number of rotatable bonds is 4. The maximum atomic E-state index is 13.5. The van der Waals surface area contributed by atoms with Gasteiger partial charge in [0.2, 0.25) is 0 Å². The highest BCUT2D eigenvalue weighted by atomic mass is 16.1. The predicted molar refractivity (Wildman–Crippen MR) is 137 cm³/mol. The summed E-state index contributed by atoms with van der Waals surface area (Å²) >= 11 is 0. The molecule has 0 bridgehead atoms. The van der Waals surface area contributed by atoms with Gasteiger partial charge in [0.05, 0.1) is 0 Å². The number of allylic oxidation sites excluding steroid dienone is 2. The van der Waals surface area contributed by atoms with Gasteiger partial charge in [0.25, 0.3) is 0 Å². The number of fused-ring (bicyclic) bond motifs is 2. The van der Waals surface area contributed by atoms with Crippen LogP contribution < -0.4 is 10.4 Å². The quantitative estimate of drug-likeness (QED) is 0.457. The number of ketones is 1. The molecule has 0 heterocycles. The van der Waals surface area contributed by atoms with Crippen LogP contribution in [0.1, 0.15) is 75.9 Å². The van der Waals surface area contributed by atoms with Gasteiger partial charge in [-0.15, -0.1) is 0 Å². The monoisotopic (exact) mass is 422 g/mol. The zero-order valence-electron chi connectivity index (χ0n) is 20.3. The lowest BCUT2D eigenvalue weighted by atomic mass is 9.72. The largest absolute Gasteiger partial charge is 0.289 e. The van der Waals surface area contributed by atoms with Crippen LogP contribution in [0.15, 0.2) is 66.2 Å². The first kappa shape index (κ1) is 22.3. The van der Waals surface area contributed by atoms with Gasteiger partial charge in [0, 0.05) is 11.1 Å². The Morgan fingerprint density at radius 1 is 0.781 bits per heavy atom. The molecule has 0 aliphatic heterocycles. The Morgan fingerprint density at radius 3 is 1.97 bits per heavy atom. The first-order valence-electron chi connectivity index (χ1n) is 11.7. The second-order valence-electron chi connectivity index (χ2n) is 10.3. The molecule has 0 N–H and O–H groups in total. The number of hydrogen-bond acceptors (Lipinski definition) is 1. The van der Waals surface area contributed by atoms with Gasteiger partial charge in [-0.3, -0.25) is 4.79 Å². The second kappa shape index (κ2) is 7.89. The SMILES string of the molecule is C=c1c(C(C)(C)CC)c/c(=C2/C=C(C(C)(C)CC)C(=O)c3ccccc32)c2ccccc12. The van der Waals surface area contributed by atoms with Crippen LogP contribution in [0.3, 0.4) is 0 Å². The smallest absolute Gasteiger partial charge is 0.190 e. The fourth-order valence-electron chi connectivity index (χ4n) is 4.72. The molecule has 0 atom stereocenters. The number of benzene rings is 3. The molecular formula is C31H34O. The fourth-order valence-corrected chi connectivity index (χ4v) is 4.72. The zero-order valence-corrected chi connectivity index (χ0v) is 20.3. The molecule has 0 saturated carbocycles. The van der Waals surface area contributed by atoms with Crippen molar-refractivity contribution in [3.8, 4) is 0 Å². The fraction of sp³-hybridized carbons (Fsp3) is 0.323. The molecule has 3 aromatic rings. The van der Waals surface area contributed by atoms with Crippen LogP contribution in [0.4, 0.5) is 0 Å². The summed E-state index contributed by atoms with van der Waals surface area (Å²) in [5.41, 5.74) is 4.96. The van der Waals surface area contributed by atoms with Crippen LogP contribution in [-0.2, 0) is 5.41 Å². The normalized spacial score (nSPS) is 16.2. The first-order valence-corrected chi connectivity index (χ1v) is 11.7. The minimum Gasteiger partial charge on any atom is -0.289 e. The van der Waals surface area contributed by atoms with E-state index in [1.54, 1.807) is 0 Å². The molecule has 164 valence electrons. The Kier molecular flexibility index (Phi) is 5.49. The number of carbonyl (C=O) groups is 1.